The van der Waals surface area contributed by atoms with Crippen LogP contribution in [0, 0.1) is 0 Å². The predicted molar refractivity (Wildman–Crippen MR) is 106 cm³/mol. The first-order valence-corrected chi connectivity index (χ1v) is 9.13. The molecule has 1 aliphatic heterocycles. The third-order valence-electron chi connectivity index (χ3n) is 4.13. The number of ether oxygens (including phenoxy) is 2. The van der Waals surface area contributed by atoms with Gasteiger partial charge in [0, 0.05) is 10.6 Å². The van der Waals surface area contributed by atoms with Crippen molar-refractivity contribution in [2.24, 2.45) is 4.99 Å². The Morgan fingerprint density at radius 2 is 2.00 bits per heavy atom. The van der Waals surface area contributed by atoms with Crippen molar-refractivity contribution in [3.63, 3.8) is 0 Å². The number of rotatable bonds is 5. The molecule has 1 unspecified atom stereocenters. The number of aliphatic imine (C=N–C) groups is 1. The van der Waals surface area contributed by atoms with E-state index < -0.39 is 6.04 Å². The first-order valence-electron chi connectivity index (χ1n) is 8.75. The molecule has 0 saturated carbocycles. The van der Waals surface area contributed by atoms with E-state index in [9.17, 15) is 9.59 Å². The second kappa shape index (κ2) is 8.75. The molecule has 2 N–H and O–H groups in total. The van der Waals surface area contributed by atoms with Crippen LogP contribution in [0.3, 0.4) is 0 Å². The Balaban J connectivity index is 1.81. The number of hydrogen-bond donors (Lipinski definition) is 2. The van der Waals surface area contributed by atoms with Crippen LogP contribution in [-0.2, 0) is 4.79 Å². The molecule has 7 nitrogen and oxygen atoms in total. The van der Waals surface area contributed by atoms with Crippen molar-refractivity contribution in [2.45, 2.75) is 19.4 Å². The number of methoxy groups -OCH3 is 1. The van der Waals surface area contributed by atoms with Crippen molar-refractivity contribution in [3.8, 4) is 11.5 Å². The number of halogens is 1. The minimum atomic E-state index is -0.446. The molecule has 2 amide bonds. The summed E-state index contributed by atoms with van der Waals surface area (Å²) >= 11 is 5.84. The quantitative estimate of drug-likeness (QED) is 0.805. The molecular formula is C20H20ClN3O4. The fraction of sp³-hybridized carbons (Fsp3) is 0.250. The van der Waals surface area contributed by atoms with Crippen LogP contribution in [0.15, 0.2) is 47.5 Å². The smallest absolute Gasteiger partial charge is 0.257 e. The van der Waals surface area contributed by atoms with Gasteiger partial charge in [0.05, 0.1) is 26.2 Å². The Kier molecular flexibility index (Phi) is 6.16. The minimum absolute atomic E-state index is 0.106. The van der Waals surface area contributed by atoms with Crippen molar-refractivity contribution < 1.29 is 19.1 Å². The van der Waals surface area contributed by atoms with E-state index in [1.54, 1.807) is 43.5 Å². The van der Waals surface area contributed by atoms with Crippen molar-refractivity contribution in [2.75, 3.05) is 13.7 Å². The van der Waals surface area contributed by atoms with Gasteiger partial charge in [-0.1, -0.05) is 17.7 Å². The zero-order valence-corrected chi connectivity index (χ0v) is 16.2. The Labute approximate surface area is 167 Å². The highest BCUT2D eigenvalue weighted by atomic mass is 35.5. The number of guanidine groups is 1. The molecule has 3 rings (SSSR count). The molecule has 0 radical (unpaired) electrons. The van der Waals surface area contributed by atoms with Crippen LogP contribution in [0.25, 0.3) is 0 Å². The van der Waals surface area contributed by atoms with E-state index in [1.165, 1.54) is 0 Å². The van der Waals surface area contributed by atoms with Gasteiger partial charge in [0.1, 0.15) is 0 Å². The second-order valence-corrected chi connectivity index (χ2v) is 6.49. The molecule has 8 heteroatoms. The molecule has 0 fully saturated rings. The van der Waals surface area contributed by atoms with Gasteiger partial charge in [-0.2, -0.15) is 0 Å². The second-order valence-electron chi connectivity index (χ2n) is 6.05. The van der Waals surface area contributed by atoms with Crippen molar-refractivity contribution in [3.05, 3.63) is 58.6 Å². The summed E-state index contributed by atoms with van der Waals surface area (Å²) in [6, 6.07) is 11.4. The normalized spacial score (nSPS) is 16.0. The molecule has 1 atom stereocenters. The summed E-state index contributed by atoms with van der Waals surface area (Å²) in [5.41, 5.74) is 1.19. The molecule has 28 heavy (non-hydrogen) atoms. The molecule has 0 aromatic heterocycles. The van der Waals surface area contributed by atoms with Gasteiger partial charge in [-0.05, 0) is 48.9 Å². The predicted octanol–water partition coefficient (Wildman–Crippen LogP) is 3.09. The molecule has 1 heterocycles. The Morgan fingerprint density at radius 1 is 1.25 bits per heavy atom. The Hall–Kier alpha value is -3.06. The molecular weight excluding hydrogens is 382 g/mol. The van der Waals surface area contributed by atoms with Crippen molar-refractivity contribution >= 4 is 29.4 Å². The largest absolute Gasteiger partial charge is 0.493 e. The lowest BCUT2D eigenvalue weighted by Gasteiger charge is -2.22. The summed E-state index contributed by atoms with van der Waals surface area (Å²) in [4.78, 5) is 29.0. The van der Waals surface area contributed by atoms with E-state index in [0.29, 0.717) is 28.7 Å². The SMILES string of the molecule is CCOc1ccc(C2CC(=O)NC(NC(=O)c3ccc(Cl)cc3)=N2)cc1OC. The molecule has 0 spiro atoms. The Morgan fingerprint density at radius 3 is 2.68 bits per heavy atom. The molecule has 0 aliphatic carbocycles. The third kappa shape index (κ3) is 4.61. The maximum absolute atomic E-state index is 12.4. The number of carbonyl (C=O) groups excluding carboxylic acids is 2. The molecule has 1 aliphatic rings. The van der Waals surface area contributed by atoms with E-state index in [4.69, 9.17) is 21.1 Å². The molecule has 0 bridgehead atoms. The van der Waals surface area contributed by atoms with Gasteiger partial charge < -0.3 is 9.47 Å². The monoisotopic (exact) mass is 401 g/mol. The highest BCUT2D eigenvalue weighted by molar-refractivity contribution is 6.30. The number of hydrogen-bond acceptors (Lipinski definition) is 5. The zero-order chi connectivity index (χ0) is 20.1. The lowest BCUT2D eigenvalue weighted by atomic mass is 10.0. The van der Waals surface area contributed by atoms with E-state index in [1.807, 2.05) is 13.0 Å². The van der Waals surface area contributed by atoms with E-state index >= 15 is 0 Å². The standard InChI is InChI=1S/C20H20ClN3O4/c1-3-28-16-9-6-13(10-17(16)27-2)15-11-18(25)23-20(22-15)24-19(26)12-4-7-14(21)8-5-12/h4-10,15H,3,11H2,1-2H3,(H2,22,23,24,25,26). The summed E-state index contributed by atoms with van der Waals surface area (Å²) < 4.78 is 10.9. The highest BCUT2D eigenvalue weighted by Crippen LogP contribution is 2.33. The van der Waals surface area contributed by atoms with Crippen LogP contribution in [0.1, 0.15) is 35.3 Å². The lowest BCUT2D eigenvalue weighted by molar-refractivity contribution is -0.120. The Bertz CT molecular complexity index is 912. The van der Waals surface area contributed by atoms with Gasteiger partial charge in [0.2, 0.25) is 11.9 Å². The van der Waals surface area contributed by atoms with Gasteiger partial charge in [-0.15, -0.1) is 0 Å². The number of nitrogens with one attached hydrogen (secondary N) is 2. The van der Waals surface area contributed by atoms with Crippen LogP contribution >= 0.6 is 11.6 Å². The zero-order valence-electron chi connectivity index (χ0n) is 15.5. The van der Waals surface area contributed by atoms with Gasteiger partial charge in [-0.25, -0.2) is 4.99 Å². The van der Waals surface area contributed by atoms with Crippen molar-refractivity contribution in [1.29, 1.82) is 0 Å². The average molecular weight is 402 g/mol. The summed E-state index contributed by atoms with van der Waals surface area (Å²) in [7, 11) is 1.55. The molecule has 2 aromatic rings. The summed E-state index contributed by atoms with van der Waals surface area (Å²) in [5, 5.41) is 5.74. The van der Waals surface area contributed by atoms with E-state index in [2.05, 4.69) is 15.6 Å². The van der Waals surface area contributed by atoms with E-state index in [0.717, 1.165) is 5.56 Å². The molecule has 0 saturated heterocycles. The first kappa shape index (κ1) is 19.7. The first-order chi connectivity index (χ1) is 13.5. The van der Waals surface area contributed by atoms with Crippen LogP contribution in [-0.4, -0.2) is 31.5 Å². The van der Waals surface area contributed by atoms with Gasteiger partial charge in [0.25, 0.3) is 5.91 Å². The average Bonchev–Trinajstić information content (AvgIpc) is 2.68. The van der Waals surface area contributed by atoms with Crippen LogP contribution in [0.2, 0.25) is 5.02 Å². The van der Waals surface area contributed by atoms with Crippen molar-refractivity contribution in [1.82, 2.24) is 10.6 Å². The maximum atomic E-state index is 12.4. The highest BCUT2D eigenvalue weighted by Gasteiger charge is 2.24. The van der Waals surface area contributed by atoms with Gasteiger partial charge >= 0.3 is 0 Å². The minimum Gasteiger partial charge on any atom is -0.493 e. The summed E-state index contributed by atoms with van der Waals surface area (Å²) in [6.45, 7) is 2.40. The summed E-state index contributed by atoms with van der Waals surface area (Å²) in [5.74, 6) is 0.662. The number of nitrogens with zero attached hydrogens (tertiary/aromatic N) is 1. The number of benzene rings is 2. The van der Waals surface area contributed by atoms with E-state index in [-0.39, 0.29) is 24.2 Å². The fourth-order valence-electron chi connectivity index (χ4n) is 2.80. The van der Waals surface area contributed by atoms with Gasteiger partial charge in [-0.3, -0.25) is 20.2 Å². The maximum Gasteiger partial charge on any atom is 0.257 e. The lowest BCUT2D eigenvalue weighted by Crippen LogP contribution is -2.47. The fourth-order valence-corrected chi connectivity index (χ4v) is 2.92. The summed E-state index contributed by atoms with van der Waals surface area (Å²) in [6.07, 6.45) is 0.164. The van der Waals surface area contributed by atoms with Gasteiger partial charge in [0.15, 0.2) is 11.5 Å². The topological polar surface area (TPSA) is 89.0 Å². The number of carbonyl (C=O) groups is 2. The number of amides is 2. The van der Waals surface area contributed by atoms with Crippen LogP contribution in [0.5, 0.6) is 11.5 Å². The molecule has 2 aromatic carbocycles. The third-order valence-corrected chi connectivity index (χ3v) is 4.38. The van der Waals surface area contributed by atoms with Crippen LogP contribution < -0.4 is 20.1 Å². The van der Waals surface area contributed by atoms with Crippen LogP contribution in [0.4, 0.5) is 0 Å². The molecule has 146 valence electrons.